The lowest BCUT2D eigenvalue weighted by molar-refractivity contribution is -0.142. The van der Waals surface area contributed by atoms with Gasteiger partial charge in [0.15, 0.2) is 5.13 Å². The molecule has 1 aliphatic heterocycles. The van der Waals surface area contributed by atoms with E-state index in [1.165, 1.54) is 17.9 Å². The molecule has 1 aromatic heterocycles. The minimum absolute atomic E-state index is 0.201. The maximum atomic E-state index is 11.4. The van der Waals surface area contributed by atoms with Crippen molar-refractivity contribution >= 4 is 34.2 Å². The second kappa shape index (κ2) is 6.43. The fraction of sp³-hybridized carbons (Fsp3) is 0.667. The number of thioether (sulfide) groups is 1. The molecule has 0 bridgehead atoms. The fourth-order valence-corrected chi connectivity index (χ4v) is 4.01. The summed E-state index contributed by atoms with van der Waals surface area (Å²) in [6, 6.07) is 0.580. The molecule has 0 aliphatic carbocycles. The van der Waals surface area contributed by atoms with Crippen LogP contribution in [0.3, 0.4) is 0 Å². The van der Waals surface area contributed by atoms with Crippen molar-refractivity contribution in [3.8, 4) is 0 Å². The van der Waals surface area contributed by atoms with E-state index < -0.39 is 0 Å². The highest BCUT2D eigenvalue weighted by Gasteiger charge is 2.22. The molecule has 1 saturated heterocycles. The van der Waals surface area contributed by atoms with Gasteiger partial charge in [0.05, 0.1) is 18.7 Å². The average molecular weight is 286 g/mol. The molecule has 2 heterocycles. The molecule has 2 rings (SSSR count). The highest BCUT2D eigenvalue weighted by Crippen LogP contribution is 2.28. The minimum atomic E-state index is -0.201. The number of hydrogen-bond donors (Lipinski definition) is 0. The van der Waals surface area contributed by atoms with Crippen LogP contribution < -0.4 is 4.90 Å². The summed E-state index contributed by atoms with van der Waals surface area (Å²) < 4.78 is 4.92. The number of ether oxygens (including phenoxy) is 1. The highest BCUT2D eigenvalue weighted by atomic mass is 32.2. The van der Waals surface area contributed by atoms with Crippen LogP contribution in [0.15, 0.2) is 5.38 Å². The van der Waals surface area contributed by atoms with Gasteiger partial charge >= 0.3 is 5.97 Å². The van der Waals surface area contributed by atoms with Crippen LogP contribution in [0.1, 0.15) is 19.0 Å². The molecular formula is C12H18N2O2S2. The van der Waals surface area contributed by atoms with E-state index in [9.17, 15) is 4.79 Å². The van der Waals surface area contributed by atoms with E-state index in [2.05, 4.69) is 16.9 Å². The zero-order valence-electron chi connectivity index (χ0n) is 10.7. The molecule has 1 fully saturated rings. The first-order valence-electron chi connectivity index (χ1n) is 6.11. The molecular weight excluding hydrogens is 268 g/mol. The minimum Gasteiger partial charge on any atom is -0.466 e. The van der Waals surface area contributed by atoms with Crippen LogP contribution in [0.2, 0.25) is 0 Å². The van der Waals surface area contributed by atoms with Gasteiger partial charge in [-0.1, -0.05) is 0 Å². The van der Waals surface area contributed by atoms with Crippen molar-refractivity contribution in [3.05, 3.63) is 11.1 Å². The Morgan fingerprint density at radius 3 is 3.17 bits per heavy atom. The van der Waals surface area contributed by atoms with Gasteiger partial charge in [0, 0.05) is 24.2 Å². The van der Waals surface area contributed by atoms with Gasteiger partial charge in [0.2, 0.25) is 0 Å². The molecule has 0 radical (unpaired) electrons. The Labute approximate surface area is 116 Å². The van der Waals surface area contributed by atoms with E-state index in [4.69, 9.17) is 4.74 Å². The Morgan fingerprint density at radius 1 is 1.67 bits per heavy atom. The molecule has 1 atom stereocenters. The van der Waals surface area contributed by atoms with Gasteiger partial charge in [-0.2, -0.15) is 11.8 Å². The molecule has 0 aromatic carbocycles. The Kier molecular flexibility index (Phi) is 4.88. The number of nitrogens with zero attached hydrogens (tertiary/aromatic N) is 2. The molecule has 0 spiro atoms. The summed E-state index contributed by atoms with van der Waals surface area (Å²) in [6.45, 7) is 2.24. The normalized spacial score (nSPS) is 18.9. The summed E-state index contributed by atoms with van der Waals surface area (Å²) in [5.74, 6) is 2.20. The first-order chi connectivity index (χ1) is 8.70. The average Bonchev–Trinajstić information content (AvgIpc) is 2.98. The summed E-state index contributed by atoms with van der Waals surface area (Å²) in [5.41, 5.74) is 0.811. The number of rotatable bonds is 5. The SMILES string of the molecule is CCOC(=O)Cc1csc(N(C)C2CCSC2)n1. The van der Waals surface area contributed by atoms with Crippen molar-refractivity contribution in [3.63, 3.8) is 0 Å². The van der Waals surface area contributed by atoms with Crippen molar-refractivity contribution in [2.24, 2.45) is 0 Å². The second-order valence-corrected chi connectivity index (χ2v) is 6.22. The zero-order valence-corrected chi connectivity index (χ0v) is 12.4. The molecule has 100 valence electrons. The van der Waals surface area contributed by atoms with Gasteiger partial charge in [-0.25, -0.2) is 4.98 Å². The summed E-state index contributed by atoms with van der Waals surface area (Å²) in [7, 11) is 2.09. The van der Waals surface area contributed by atoms with E-state index in [0.29, 0.717) is 12.6 Å². The highest BCUT2D eigenvalue weighted by molar-refractivity contribution is 7.99. The third kappa shape index (κ3) is 3.38. The number of carbonyl (C=O) groups is 1. The molecule has 0 saturated carbocycles. The fourth-order valence-electron chi connectivity index (χ4n) is 1.88. The Morgan fingerprint density at radius 2 is 2.50 bits per heavy atom. The monoisotopic (exact) mass is 286 g/mol. The van der Waals surface area contributed by atoms with Gasteiger partial charge < -0.3 is 9.64 Å². The number of thiazole rings is 1. The number of anilines is 1. The predicted molar refractivity (Wildman–Crippen MR) is 76.6 cm³/mol. The van der Waals surface area contributed by atoms with Gasteiger partial charge in [-0.05, 0) is 19.1 Å². The second-order valence-electron chi connectivity index (χ2n) is 4.23. The first kappa shape index (κ1) is 13.7. The molecule has 6 heteroatoms. The number of hydrogen-bond acceptors (Lipinski definition) is 6. The summed E-state index contributed by atoms with van der Waals surface area (Å²) in [6.07, 6.45) is 1.49. The lowest BCUT2D eigenvalue weighted by atomic mass is 10.2. The van der Waals surface area contributed by atoms with Crippen LogP contribution >= 0.6 is 23.1 Å². The Balaban J connectivity index is 1.94. The van der Waals surface area contributed by atoms with E-state index >= 15 is 0 Å². The van der Waals surface area contributed by atoms with Crippen molar-refractivity contribution in [2.45, 2.75) is 25.8 Å². The molecule has 0 N–H and O–H groups in total. The molecule has 1 aromatic rings. The molecule has 4 nitrogen and oxygen atoms in total. The van der Waals surface area contributed by atoms with E-state index in [-0.39, 0.29) is 12.4 Å². The summed E-state index contributed by atoms with van der Waals surface area (Å²) >= 11 is 3.59. The molecule has 1 aliphatic rings. The Hall–Kier alpha value is -0.750. The maximum absolute atomic E-state index is 11.4. The predicted octanol–water partition coefficient (Wildman–Crippen LogP) is 2.19. The van der Waals surface area contributed by atoms with Crippen molar-refractivity contribution in [2.75, 3.05) is 30.1 Å². The van der Waals surface area contributed by atoms with E-state index in [1.807, 2.05) is 24.1 Å². The summed E-state index contributed by atoms with van der Waals surface area (Å²) in [5, 5.41) is 2.95. The lowest BCUT2D eigenvalue weighted by Crippen LogP contribution is -2.31. The van der Waals surface area contributed by atoms with Crippen molar-refractivity contribution < 1.29 is 9.53 Å². The number of esters is 1. The van der Waals surface area contributed by atoms with Gasteiger partial charge in [-0.15, -0.1) is 11.3 Å². The van der Waals surface area contributed by atoms with Gasteiger partial charge in [-0.3, -0.25) is 4.79 Å². The third-order valence-electron chi connectivity index (χ3n) is 2.93. The standard InChI is InChI=1S/C12H18N2O2S2/c1-3-16-11(15)6-9-7-18-12(13-9)14(2)10-4-5-17-8-10/h7,10H,3-6,8H2,1-2H3. The quantitative estimate of drug-likeness (QED) is 0.776. The van der Waals surface area contributed by atoms with Crippen LogP contribution in [0.4, 0.5) is 5.13 Å². The van der Waals surface area contributed by atoms with Crippen LogP contribution in [0.25, 0.3) is 0 Å². The summed E-state index contributed by atoms with van der Waals surface area (Å²) in [4.78, 5) is 18.1. The van der Waals surface area contributed by atoms with E-state index in [1.54, 1.807) is 11.3 Å². The number of aromatic nitrogens is 1. The Bertz CT molecular complexity index is 403. The third-order valence-corrected chi connectivity index (χ3v) is 5.05. The zero-order chi connectivity index (χ0) is 13.0. The lowest BCUT2D eigenvalue weighted by Gasteiger charge is -2.22. The molecule has 0 amide bonds. The maximum Gasteiger partial charge on any atom is 0.311 e. The first-order valence-corrected chi connectivity index (χ1v) is 8.14. The topological polar surface area (TPSA) is 42.4 Å². The van der Waals surface area contributed by atoms with Gasteiger partial charge in [0.1, 0.15) is 0 Å². The number of carbonyl (C=O) groups excluding carboxylic acids is 1. The molecule has 18 heavy (non-hydrogen) atoms. The van der Waals surface area contributed by atoms with Crippen molar-refractivity contribution in [1.82, 2.24) is 4.98 Å². The molecule has 1 unspecified atom stereocenters. The van der Waals surface area contributed by atoms with Gasteiger partial charge in [0.25, 0.3) is 0 Å². The van der Waals surface area contributed by atoms with Crippen LogP contribution in [-0.2, 0) is 16.0 Å². The van der Waals surface area contributed by atoms with Crippen LogP contribution in [0.5, 0.6) is 0 Å². The van der Waals surface area contributed by atoms with Crippen molar-refractivity contribution in [1.29, 1.82) is 0 Å². The van der Waals surface area contributed by atoms with E-state index in [0.717, 1.165) is 10.8 Å². The smallest absolute Gasteiger partial charge is 0.311 e. The van der Waals surface area contributed by atoms with Crippen LogP contribution in [0, 0.1) is 0 Å². The largest absolute Gasteiger partial charge is 0.466 e. The van der Waals surface area contributed by atoms with Crippen LogP contribution in [-0.4, -0.2) is 42.2 Å².